The summed E-state index contributed by atoms with van der Waals surface area (Å²) in [5, 5.41) is 21.5. The van der Waals surface area contributed by atoms with Crippen LogP contribution < -0.4 is 21.3 Å². The lowest BCUT2D eigenvalue weighted by molar-refractivity contribution is -0.122. The molecule has 1 atom stereocenters. The second-order valence-electron chi connectivity index (χ2n) is 7.54. The number of rotatable bonds is 9. The molecule has 1 unspecified atom stereocenters. The van der Waals surface area contributed by atoms with Crippen molar-refractivity contribution in [1.82, 2.24) is 20.6 Å². The monoisotopic (exact) mass is 431 g/mol. The van der Waals surface area contributed by atoms with Gasteiger partial charge in [-0.05, 0) is 56.5 Å². The molecule has 1 saturated heterocycles. The molecule has 2 aromatic rings. The van der Waals surface area contributed by atoms with Crippen molar-refractivity contribution in [2.24, 2.45) is 0 Å². The fourth-order valence-electron chi connectivity index (χ4n) is 3.25. The standard InChI is InChI=1S/C24H29N7O/c1-2-13-27-22-19(7-4-3-5-14-28-23(32)21-8-6-15-26-21)17-29-24(31-22)30-20-11-9-18(16-25)10-12-20/h9-12,17,21,26H,2-3,5-6,8,13-15H2,1H3,(H,28,32)(H2,27,29,30,31). The van der Waals surface area contributed by atoms with E-state index in [9.17, 15) is 4.79 Å². The van der Waals surface area contributed by atoms with Crippen LogP contribution in [0.4, 0.5) is 17.5 Å². The zero-order valence-corrected chi connectivity index (χ0v) is 18.4. The van der Waals surface area contributed by atoms with Crippen molar-refractivity contribution in [3.8, 4) is 17.9 Å². The maximum atomic E-state index is 12.0. The molecule has 1 aliphatic heterocycles. The van der Waals surface area contributed by atoms with E-state index in [2.05, 4.69) is 56.1 Å². The molecule has 4 N–H and O–H groups in total. The van der Waals surface area contributed by atoms with E-state index in [4.69, 9.17) is 5.26 Å². The minimum absolute atomic E-state index is 0.0400. The Bertz CT molecular complexity index is 996. The van der Waals surface area contributed by atoms with Gasteiger partial charge in [0, 0.05) is 25.2 Å². The molecule has 0 saturated carbocycles. The highest BCUT2D eigenvalue weighted by Gasteiger charge is 2.20. The van der Waals surface area contributed by atoms with Crippen LogP contribution in [0.5, 0.6) is 0 Å². The van der Waals surface area contributed by atoms with Gasteiger partial charge in [-0.3, -0.25) is 4.79 Å². The molecule has 0 radical (unpaired) electrons. The molecular weight excluding hydrogens is 402 g/mol. The number of aromatic nitrogens is 2. The third-order valence-corrected chi connectivity index (χ3v) is 4.98. The number of unbranched alkanes of at least 4 members (excludes halogenated alkanes) is 1. The lowest BCUT2D eigenvalue weighted by atomic mass is 10.2. The second-order valence-corrected chi connectivity index (χ2v) is 7.54. The number of nitriles is 1. The van der Waals surface area contributed by atoms with Crippen LogP contribution in [0, 0.1) is 23.2 Å². The van der Waals surface area contributed by atoms with Gasteiger partial charge < -0.3 is 21.3 Å². The summed E-state index contributed by atoms with van der Waals surface area (Å²) in [7, 11) is 0. The van der Waals surface area contributed by atoms with Gasteiger partial charge in [-0.2, -0.15) is 10.2 Å². The van der Waals surface area contributed by atoms with Crippen LogP contribution in [0.15, 0.2) is 30.5 Å². The third-order valence-electron chi connectivity index (χ3n) is 4.98. The molecule has 8 nitrogen and oxygen atoms in total. The lowest BCUT2D eigenvalue weighted by Gasteiger charge is -2.10. The van der Waals surface area contributed by atoms with E-state index >= 15 is 0 Å². The van der Waals surface area contributed by atoms with Crippen LogP contribution in [0.3, 0.4) is 0 Å². The molecule has 1 aromatic heterocycles. The summed E-state index contributed by atoms with van der Waals surface area (Å²) in [6, 6.07) is 9.17. The molecule has 2 heterocycles. The first-order chi connectivity index (χ1) is 15.7. The van der Waals surface area contributed by atoms with Crippen molar-refractivity contribution in [2.75, 3.05) is 30.3 Å². The van der Waals surface area contributed by atoms with Gasteiger partial charge in [-0.15, -0.1) is 0 Å². The van der Waals surface area contributed by atoms with Crippen molar-refractivity contribution in [1.29, 1.82) is 5.26 Å². The fraction of sp³-hybridized carbons (Fsp3) is 0.417. The number of benzene rings is 1. The summed E-state index contributed by atoms with van der Waals surface area (Å²) in [6.07, 6.45) is 6.11. The molecule has 1 aliphatic rings. The summed E-state index contributed by atoms with van der Waals surface area (Å²) < 4.78 is 0. The first-order valence-electron chi connectivity index (χ1n) is 11.1. The van der Waals surface area contributed by atoms with Gasteiger partial charge in [0.2, 0.25) is 11.9 Å². The normalized spacial score (nSPS) is 14.7. The van der Waals surface area contributed by atoms with Crippen molar-refractivity contribution in [2.45, 2.75) is 45.1 Å². The fourth-order valence-corrected chi connectivity index (χ4v) is 3.25. The Kier molecular flexibility index (Phi) is 8.85. The molecule has 166 valence electrons. The highest BCUT2D eigenvalue weighted by molar-refractivity contribution is 5.81. The molecule has 1 amide bonds. The van der Waals surface area contributed by atoms with Gasteiger partial charge >= 0.3 is 0 Å². The Hall–Kier alpha value is -3.62. The third kappa shape index (κ3) is 6.97. The number of hydrogen-bond acceptors (Lipinski definition) is 7. The van der Waals surface area contributed by atoms with E-state index in [1.807, 2.05) is 12.1 Å². The second kappa shape index (κ2) is 12.3. The molecule has 3 rings (SSSR count). The Labute approximate surface area is 189 Å². The maximum absolute atomic E-state index is 12.0. The average Bonchev–Trinajstić information content (AvgIpc) is 3.36. The van der Waals surface area contributed by atoms with Crippen LogP contribution in [0.2, 0.25) is 0 Å². The predicted molar refractivity (Wildman–Crippen MR) is 125 cm³/mol. The summed E-state index contributed by atoms with van der Waals surface area (Å²) >= 11 is 0. The van der Waals surface area contributed by atoms with Gasteiger partial charge in [-0.25, -0.2) is 4.98 Å². The van der Waals surface area contributed by atoms with E-state index in [1.54, 1.807) is 18.3 Å². The van der Waals surface area contributed by atoms with Crippen LogP contribution in [-0.2, 0) is 4.79 Å². The molecular formula is C24H29N7O. The summed E-state index contributed by atoms with van der Waals surface area (Å²) in [5.74, 6) is 7.53. The van der Waals surface area contributed by atoms with Crippen LogP contribution in [-0.4, -0.2) is 41.6 Å². The van der Waals surface area contributed by atoms with Gasteiger partial charge in [0.25, 0.3) is 0 Å². The lowest BCUT2D eigenvalue weighted by Crippen LogP contribution is -2.40. The highest BCUT2D eigenvalue weighted by Crippen LogP contribution is 2.18. The number of carbonyl (C=O) groups excluding carboxylic acids is 1. The Morgan fingerprint density at radius 2 is 2.12 bits per heavy atom. The largest absolute Gasteiger partial charge is 0.369 e. The Morgan fingerprint density at radius 3 is 2.84 bits per heavy atom. The molecule has 0 aliphatic carbocycles. The van der Waals surface area contributed by atoms with Gasteiger partial charge in [0.15, 0.2) is 0 Å². The SMILES string of the molecule is CCCNc1nc(Nc2ccc(C#N)cc2)ncc1C#CCCCNC(=O)C1CCCN1. The number of carbonyl (C=O) groups is 1. The highest BCUT2D eigenvalue weighted by atomic mass is 16.2. The zero-order chi connectivity index (χ0) is 22.6. The number of hydrogen-bond donors (Lipinski definition) is 4. The van der Waals surface area contributed by atoms with E-state index < -0.39 is 0 Å². The number of nitrogens with one attached hydrogen (secondary N) is 4. The van der Waals surface area contributed by atoms with Crippen LogP contribution in [0.25, 0.3) is 0 Å². The quantitative estimate of drug-likeness (QED) is 0.356. The zero-order valence-electron chi connectivity index (χ0n) is 18.4. The molecule has 1 aromatic carbocycles. The molecule has 0 bridgehead atoms. The maximum Gasteiger partial charge on any atom is 0.237 e. The predicted octanol–water partition coefficient (Wildman–Crippen LogP) is 2.91. The number of amides is 1. The minimum Gasteiger partial charge on any atom is -0.369 e. The van der Waals surface area contributed by atoms with E-state index in [0.29, 0.717) is 30.3 Å². The molecule has 8 heteroatoms. The number of nitrogens with zero attached hydrogens (tertiary/aromatic N) is 3. The van der Waals surface area contributed by atoms with Crippen molar-refractivity contribution >= 4 is 23.4 Å². The van der Waals surface area contributed by atoms with E-state index in [0.717, 1.165) is 50.0 Å². The van der Waals surface area contributed by atoms with Gasteiger partial charge in [-0.1, -0.05) is 18.8 Å². The van der Waals surface area contributed by atoms with Crippen molar-refractivity contribution in [3.63, 3.8) is 0 Å². The molecule has 0 spiro atoms. The van der Waals surface area contributed by atoms with Crippen LogP contribution >= 0.6 is 0 Å². The van der Waals surface area contributed by atoms with Gasteiger partial charge in [0.1, 0.15) is 5.82 Å². The van der Waals surface area contributed by atoms with Gasteiger partial charge in [0.05, 0.1) is 29.4 Å². The van der Waals surface area contributed by atoms with Crippen molar-refractivity contribution < 1.29 is 4.79 Å². The summed E-state index contributed by atoms with van der Waals surface area (Å²) in [4.78, 5) is 20.9. The smallest absolute Gasteiger partial charge is 0.237 e. The van der Waals surface area contributed by atoms with Crippen LogP contribution in [0.1, 0.15) is 50.2 Å². The van der Waals surface area contributed by atoms with E-state index in [-0.39, 0.29) is 11.9 Å². The Morgan fingerprint density at radius 1 is 1.28 bits per heavy atom. The molecule has 1 fully saturated rings. The van der Waals surface area contributed by atoms with E-state index in [1.165, 1.54) is 0 Å². The topological polar surface area (TPSA) is 115 Å². The Balaban J connectivity index is 1.55. The molecule has 32 heavy (non-hydrogen) atoms. The minimum atomic E-state index is -0.0400. The summed E-state index contributed by atoms with van der Waals surface area (Å²) in [6.45, 7) is 4.41. The first kappa shape index (κ1) is 23.1. The van der Waals surface area contributed by atoms with Crippen molar-refractivity contribution in [3.05, 3.63) is 41.6 Å². The first-order valence-corrected chi connectivity index (χ1v) is 11.1. The average molecular weight is 432 g/mol. The summed E-state index contributed by atoms with van der Waals surface area (Å²) in [5.41, 5.74) is 2.14. The number of anilines is 3.